The fourth-order valence-electron chi connectivity index (χ4n) is 1.83. The Hall–Kier alpha value is -2.95. The molecule has 2 aromatic rings. The normalized spacial score (nSPS) is 10.4. The number of rotatable bonds is 4. The molecule has 0 spiro atoms. The molecule has 0 aromatic heterocycles. The van der Waals surface area contributed by atoms with Crippen LogP contribution in [-0.2, 0) is 16.1 Å². The minimum atomic E-state index is -0.792. The Morgan fingerprint density at radius 3 is 2.55 bits per heavy atom. The third-order valence-electron chi connectivity index (χ3n) is 2.92. The van der Waals surface area contributed by atoms with Crippen LogP contribution in [0.2, 0.25) is 0 Å². The monoisotopic (exact) mass is 295 g/mol. The molecule has 0 aliphatic heterocycles. The van der Waals surface area contributed by atoms with E-state index in [1.54, 1.807) is 0 Å². The van der Waals surface area contributed by atoms with E-state index in [0.29, 0.717) is 6.54 Å². The largest absolute Gasteiger partial charge is 0.344 e. The molecule has 0 radical (unpaired) electrons. The SMILES string of the molecule is Cc1cccc(C=NNC(=O)C(=O)NCc2ccccc2)c1. The molecule has 0 bridgehead atoms. The number of aryl methyl sites for hydroxylation is 1. The number of amides is 2. The highest BCUT2D eigenvalue weighted by atomic mass is 16.2. The van der Waals surface area contributed by atoms with Gasteiger partial charge < -0.3 is 5.32 Å². The lowest BCUT2D eigenvalue weighted by atomic mass is 10.2. The standard InChI is InChI=1S/C17H17N3O2/c1-13-6-5-9-15(10-13)12-19-20-17(22)16(21)18-11-14-7-3-2-4-8-14/h2-10,12H,11H2,1H3,(H,18,21)(H,20,22). The lowest BCUT2D eigenvalue weighted by molar-refractivity contribution is -0.139. The van der Waals surface area contributed by atoms with Crippen LogP contribution in [0.1, 0.15) is 16.7 Å². The van der Waals surface area contributed by atoms with Gasteiger partial charge in [-0.3, -0.25) is 9.59 Å². The van der Waals surface area contributed by atoms with Gasteiger partial charge in [0.2, 0.25) is 0 Å². The van der Waals surface area contributed by atoms with Gasteiger partial charge in [-0.25, -0.2) is 5.43 Å². The zero-order valence-electron chi connectivity index (χ0n) is 12.2. The molecule has 22 heavy (non-hydrogen) atoms. The first-order valence-corrected chi connectivity index (χ1v) is 6.87. The second-order valence-electron chi connectivity index (χ2n) is 4.78. The minimum Gasteiger partial charge on any atom is -0.344 e. The summed E-state index contributed by atoms with van der Waals surface area (Å²) in [6.07, 6.45) is 1.50. The fraction of sp³-hybridized carbons (Fsp3) is 0.118. The van der Waals surface area contributed by atoms with Gasteiger partial charge in [-0.15, -0.1) is 0 Å². The first-order chi connectivity index (χ1) is 10.6. The summed E-state index contributed by atoms with van der Waals surface area (Å²) in [5.74, 6) is -1.51. The second-order valence-corrected chi connectivity index (χ2v) is 4.78. The summed E-state index contributed by atoms with van der Waals surface area (Å²) in [6.45, 7) is 2.27. The third-order valence-corrected chi connectivity index (χ3v) is 2.92. The Kier molecular flexibility index (Phi) is 5.43. The molecule has 2 N–H and O–H groups in total. The van der Waals surface area contributed by atoms with Gasteiger partial charge in [0.25, 0.3) is 0 Å². The van der Waals surface area contributed by atoms with Crippen molar-refractivity contribution in [2.75, 3.05) is 0 Å². The Bertz CT molecular complexity index is 681. The molecule has 0 saturated heterocycles. The molecular formula is C17H17N3O2. The topological polar surface area (TPSA) is 70.6 Å². The van der Waals surface area contributed by atoms with Crippen LogP contribution in [0.25, 0.3) is 0 Å². The van der Waals surface area contributed by atoms with Crippen LogP contribution in [0.15, 0.2) is 59.7 Å². The van der Waals surface area contributed by atoms with Gasteiger partial charge in [-0.05, 0) is 18.1 Å². The molecule has 2 rings (SSSR count). The summed E-state index contributed by atoms with van der Waals surface area (Å²) in [7, 11) is 0. The smallest absolute Gasteiger partial charge is 0.329 e. The molecule has 112 valence electrons. The van der Waals surface area contributed by atoms with Gasteiger partial charge in [-0.1, -0.05) is 60.2 Å². The highest BCUT2D eigenvalue weighted by molar-refractivity contribution is 6.35. The Morgan fingerprint density at radius 2 is 1.82 bits per heavy atom. The zero-order chi connectivity index (χ0) is 15.8. The molecule has 0 fully saturated rings. The number of hydrogen-bond acceptors (Lipinski definition) is 3. The minimum absolute atomic E-state index is 0.300. The van der Waals surface area contributed by atoms with Crippen molar-refractivity contribution in [3.63, 3.8) is 0 Å². The van der Waals surface area contributed by atoms with Crippen molar-refractivity contribution in [1.29, 1.82) is 0 Å². The van der Waals surface area contributed by atoms with Crippen molar-refractivity contribution in [2.45, 2.75) is 13.5 Å². The van der Waals surface area contributed by atoms with Crippen molar-refractivity contribution in [1.82, 2.24) is 10.7 Å². The Balaban J connectivity index is 1.80. The van der Waals surface area contributed by atoms with Crippen LogP contribution < -0.4 is 10.7 Å². The molecular weight excluding hydrogens is 278 g/mol. The van der Waals surface area contributed by atoms with Crippen LogP contribution in [0.3, 0.4) is 0 Å². The van der Waals surface area contributed by atoms with E-state index in [2.05, 4.69) is 15.8 Å². The summed E-state index contributed by atoms with van der Waals surface area (Å²) < 4.78 is 0. The molecule has 2 aromatic carbocycles. The molecule has 0 unspecified atom stereocenters. The summed E-state index contributed by atoms with van der Waals surface area (Å²) in [6, 6.07) is 17.0. The average molecular weight is 295 g/mol. The van der Waals surface area contributed by atoms with Crippen molar-refractivity contribution < 1.29 is 9.59 Å². The van der Waals surface area contributed by atoms with E-state index in [1.165, 1.54) is 6.21 Å². The Labute approximate surface area is 129 Å². The first kappa shape index (κ1) is 15.4. The van der Waals surface area contributed by atoms with Crippen molar-refractivity contribution >= 4 is 18.0 Å². The van der Waals surface area contributed by atoms with Crippen molar-refractivity contribution in [3.05, 3.63) is 71.3 Å². The van der Waals surface area contributed by atoms with Gasteiger partial charge in [-0.2, -0.15) is 5.10 Å². The van der Waals surface area contributed by atoms with E-state index in [0.717, 1.165) is 16.7 Å². The molecule has 0 atom stereocenters. The van der Waals surface area contributed by atoms with E-state index >= 15 is 0 Å². The molecule has 0 aliphatic carbocycles. The second kappa shape index (κ2) is 7.73. The summed E-state index contributed by atoms with van der Waals surface area (Å²) >= 11 is 0. The first-order valence-electron chi connectivity index (χ1n) is 6.87. The van der Waals surface area contributed by atoms with Crippen LogP contribution >= 0.6 is 0 Å². The predicted molar refractivity (Wildman–Crippen MR) is 85.2 cm³/mol. The number of hydrogen-bond donors (Lipinski definition) is 2. The maximum Gasteiger partial charge on any atom is 0.329 e. The molecule has 5 heteroatoms. The van der Waals surface area contributed by atoms with Gasteiger partial charge in [0, 0.05) is 6.54 Å². The predicted octanol–water partition coefficient (Wildman–Crippen LogP) is 1.76. The van der Waals surface area contributed by atoms with Crippen molar-refractivity contribution in [2.24, 2.45) is 5.10 Å². The van der Waals surface area contributed by atoms with Crippen LogP contribution in [-0.4, -0.2) is 18.0 Å². The number of nitrogens with zero attached hydrogens (tertiary/aromatic N) is 1. The van der Waals surface area contributed by atoms with E-state index in [1.807, 2.05) is 61.5 Å². The van der Waals surface area contributed by atoms with E-state index < -0.39 is 11.8 Å². The quantitative estimate of drug-likeness (QED) is 0.512. The zero-order valence-corrected chi connectivity index (χ0v) is 12.2. The van der Waals surface area contributed by atoms with Gasteiger partial charge >= 0.3 is 11.8 Å². The number of hydrazone groups is 1. The number of benzene rings is 2. The summed E-state index contributed by atoms with van der Waals surface area (Å²) in [5.41, 5.74) is 5.07. The van der Waals surface area contributed by atoms with Gasteiger partial charge in [0.05, 0.1) is 6.21 Å². The lowest BCUT2D eigenvalue weighted by Crippen LogP contribution is -2.37. The van der Waals surface area contributed by atoms with Crippen LogP contribution in [0, 0.1) is 6.92 Å². The summed E-state index contributed by atoms with van der Waals surface area (Å²) in [4.78, 5) is 23.2. The molecule has 5 nitrogen and oxygen atoms in total. The van der Waals surface area contributed by atoms with E-state index in [9.17, 15) is 9.59 Å². The number of nitrogens with one attached hydrogen (secondary N) is 2. The van der Waals surface area contributed by atoms with Crippen LogP contribution in [0.4, 0.5) is 0 Å². The highest BCUT2D eigenvalue weighted by Gasteiger charge is 2.11. The molecule has 0 aliphatic rings. The van der Waals surface area contributed by atoms with Gasteiger partial charge in [0.1, 0.15) is 0 Å². The third kappa shape index (κ3) is 4.86. The molecule has 2 amide bonds. The maximum atomic E-state index is 11.6. The van der Waals surface area contributed by atoms with E-state index in [-0.39, 0.29) is 0 Å². The number of carbonyl (C=O) groups excluding carboxylic acids is 2. The highest BCUT2D eigenvalue weighted by Crippen LogP contribution is 2.00. The molecule has 0 heterocycles. The summed E-state index contributed by atoms with van der Waals surface area (Å²) in [5, 5.41) is 6.30. The Morgan fingerprint density at radius 1 is 1.05 bits per heavy atom. The van der Waals surface area contributed by atoms with E-state index in [4.69, 9.17) is 0 Å². The fourth-order valence-corrected chi connectivity index (χ4v) is 1.83. The van der Waals surface area contributed by atoms with Crippen LogP contribution in [0.5, 0.6) is 0 Å². The maximum absolute atomic E-state index is 11.6. The van der Waals surface area contributed by atoms with Gasteiger partial charge in [0.15, 0.2) is 0 Å². The lowest BCUT2D eigenvalue weighted by Gasteiger charge is -2.03. The molecule has 0 saturated carbocycles. The average Bonchev–Trinajstić information content (AvgIpc) is 2.53. The number of carbonyl (C=O) groups is 2. The van der Waals surface area contributed by atoms with Crippen molar-refractivity contribution in [3.8, 4) is 0 Å².